The predicted octanol–water partition coefficient (Wildman–Crippen LogP) is 1.94. The number of anilines is 1. The fraction of sp³-hybridized carbons (Fsp3) is 0.300. The largest absolute Gasteiger partial charge is 0.372 e. The van der Waals surface area contributed by atoms with Crippen LogP contribution >= 0.6 is 0 Å². The first-order valence-electron chi connectivity index (χ1n) is 8.99. The Kier molecular flexibility index (Phi) is 5.70. The molecule has 1 aliphatic heterocycles. The van der Waals surface area contributed by atoms with Crippen LogP contribution in [0.1, 0.15) is 26.3 Å². The molecule has 0 atom stereocenters. The van der Waals surface area contributed by atoms with Gasteiger partial charge in [0.05, 0.1) is 10.5 Å². The van der Waals surface area contributed by atoms with Crippen LogP contribution in [0.4, 0.5) is 11.4 Å². The molecule has 0 unspecified atom stereocenters. The molecule has 0 aliphatic carbocycles. The number of amides is 1. The number of carbonyl (C=O) groups is 2. The van der Waals surface area contributed by atoms with E-state index in [1.54, 1.807) is 60.3 Å². The van der Waals surface area contributed by atoms with Crippen LogP contribution in [0.5, 0.6) is 0 Å². The van der Waals surface area contributed by atoms with E-state index in [4.69, 9.17) is 0 Å². The van der Waals surface area contributed by atoms with Crippen LogP contribution in [-0.2, 0) is 0 Å². The molecule has 0 saturated carbocycles. The van der Waals surface area contributed by atoms with E-state index in [9.17, 15) is 19.7 Å². The standard InChI is InChI=1S/C20H22N4O4/c1-22(2)17-8-7-14(13-18(17)24(27)28)19(25)15-5-3-4-6-16(15)20(26)23-11-9-21-10-12-23/h3-8,13,21H,9-12H2,1-2H3. The Balaban J connectivity index is 1.98. The van der Waals surface area contributed by atoms with Gasteiger partial charge in [-0.2, -0.15) is 0 Å². The molecule has 2 aromatic carbocycles. The van der Waals surface area contributed by atoms with Gasteiger partial charge in [-0.25, -0.2) is 0 Å². The number of nitro groups is 1. The minimum atomic E-state index is -0.510. The third-order valence-corrected chi connectivity index (χ3v) is 4.72. The smallest absolute Gasteiger partial charge is 0.293 e. The van der Waals surface area contributed by atoms with Crippen LogP contribution in [0.2, 0.25) is 0 Å². The molecule has 0 bridgehead atoms. The summed E-state index contributed by atoms with van der Waals surface area (Å²) >= 11 is 0. The second-order valence-electron chi connectivity index (χ2n) is 6.77. The number of ketones is 1. The monoisotopic (exact) mass is 382 g/mol. The molecule has 146 valence electrons. The molecule has 1 N–H and O–H groups in total. The Hall–Kier alpha value is -3.26. The second kappa shape index (κ2) is 8.18. The van der Waals surface area contributed by atoms with Crippen molar-refractivity contribution < 1.29 is 14.5 Å². The zero-order chi connectivity index (χ0) is 20.3. The number of benzene rings is 2. The minimum absolute atomic E-state index is 0.151. The van der Waals surface area contributed by atoms with E-state index < -0.39 is 10.7 Å². The van der Waals surface area contributed by atoms with Crippen LogP contribution in [0.3, 0.4) is 0 Å². The van der Waals surface area contributed by atoms with Gasteiger partial charge in [0.2, 0.25) is 0 Å². The molecule has 3 rings (SSSR count). The first-order valence-corrected chi connectivity index (χ1v) is 8.99. The maximum absolute atomic E-state index is 13.1. The van der Waals surface area contributed by atoms with Gasteiger partial charge >= 0.3 is 0 Å². The highest BCUT2D eigenvalue weighted by Crippen LogP contribution is 2.29. The first kappa shape index (κ1) is 19.5. The van der Waals surface area contributed by atoms with Crippen LogP contribution in [0.25, 0.3) is 0 Å². The van der Waals surface area contributed by atoms with Crippen LogP contribution < -0.4 is 10.2 Å². The lowest BCUT2D eigenvalue weighted by Gasteiger charge is -2.28. The highest BCUT2D eigenvalue weighted by atomic mass is 16.6. The summed E-state index contributed by atoms with van der Waals surface area (Å²) in [5.74, 6) is -0.614. The third kappa shape index (κ3) is 3.86. The Morgan fingerprint density at radius 2 is 1.71 bits per heavy atom. The number of hydrogen-bond acceptors (Lipinski definition) is 6. The summed E-state index contributed by atoms with van der Waals surface area (Å²) in [6.45, 7) is 2.56. The van der Waals surface area contributed by atoms with Gasteiger partial charge in [-0.3, -0.25) is 19.7 Å². The van der Waals surface area contributed by atoms with Crippen LogP contribution in [0.15, 0.2) is 42.5 Å². The normalized spacial score (nSPS) is 13.9. The minimum Gasteiger partial charge on any atom is -0.372 e. The van der Waals surface area contributed by atoms with Gasteiger partial charge in [-0.05, 0) is 18.2 Å². The van der Waals surface area contributed by atoms with Gasteiger partial charge in [0.15, 0.2) is 5.78 Å². The molecule has 8 nitrogen and oxygen atoms in total. The van der Waals surface area contributed by atoms with Crippen molar-refractivity contribution in [3.05, 3.63) is 69.3 Å². The molecule has 8 heteroatoms. The molecule has 1 aliphatic rings. The van der Waals surface area contributed by atoms with Gasteiger partial charge < -0.3 is 15.1 Å². The van der Waals surface area contributed by atoms with E-state index in [1.165, 1.54) is 6.07 Å². The summed E-state index contributed by atoms with van der Waals surface area (Å²) in [7, 11) is 3.40. The molecule has 1 heterocycles. The quantitative estimate of drug-likeness (QED) is 0.482. The van der Waals surface area contributed by atoms with E-state index in [-0.39, 0.29) is 22.7 Å². The fourth-order valence-corrected chi connectivity index (χ4v) is 3.25. The summed E-state index contributed by atoms with van der Waals surface area (Å²) in [5.41, 5.74) is 0.998. The van der Waals surface area contributed by atoms with Gasteiger partial charge in [0.25, 0.3) is 11.6 Å². The van der Waals surface area contributed by atoms with Crippen molar-refractivity contribution in [3.63, 3.8) is 0 Å². The van der Waals surface area contributed by atoms with Crippen molar-refractivity contribution >= 4 is 23.1 Å². The van der Waals surface area contributed by atoms with Gasteiger partial charge in [0.1, 0.15) is 5.69 Å². The predicted molar refractivity (Wildman–Crippen MR) is 106 cm³/mol. The lowest BCUT2D eigenvalue weighted by molar-refractivity contribution is -0.384. The van der Waals surface area contributed by atoms with Gasteiger partial charge in [-0.1, -0.05) is 18.2 Å². The van der Waals surface area contributed by atoms with Crippen molar-refractivity contribution in [2.75, 3.05) is 45.2 Å². The number of rotatable bonds is 5. The van der Waals surface area contributed by atoms with Gasteiger partial charge in [-0.15, -0.1) is 0 Å². The summed E-state index contributed by atoms with van der Waals surface area (Å²) in [6, 6.07) is 11.0. The number of piperazine rings is 1. The summed E-state index contributed by atoms with van der Waals surface area (Å²) < 4.78 is 0. The van der Waals surface area contributed by atoms with Crippen molar-refractivity contribution in [1.82, 2.24) is 10.2 Å². The van der Waals surface area contributed by atoms with E-state index >= 15 is 0 Å². The Labute approximate surface area is 162 Å². The molecular formula is C20H22N4O4. The van der Waals surface area contributed by atoms with Crippen molar-refractivity contribution in [2.45, 2.75) is 0 Å². The number of nitro benzene ring substituents is 1. The molecular weight excluding hydrogens is 360 g/mol. The highest BCUT2D eigenvalue weighted by Gasteiger charge is 2.25. The SMILES string of the molecule is CN(C)c1ccc(C(=O)c2ccccc2C(=O)N2CCNCC2)cc1[N+](=O)[O-]. The second-order valence-corrected chi connectivity index (χ2v) is 6.77. The molecule has 2 aromatic rings. The summed E-state index contributed by atoms with van der Waals surface area (Å²) in [5, 5.41) is 14.6. The molecule has 0 aromatic heterocycles. The third-order valence-electron chi connectivity index (χ3n) is 4.72. The number of carbonyl (C=O) groups excluding carboxylic acids is 2. The molecule has 0 spiro atoms. The fourth-order valence-electron chi connectivity index (χ4n) is 3.25. The lowest BCUT2D eigenvalue weighted by atomic mass is 9.96. The van der Waals surface area contributed by atoms with E-state index in [2.05, 4.69) is 5.32 Å². The summed E-state index contributed by atoms with van der Waals surface area (Å²) in [6.07, 6.45) is 0. The highest BCUT2D eigenvalue weighted by molar-refractivity contribution is 6.15. The Bertz CT molecular complexity index is 920. The Morgan fingerprint density at radius 3 is 2.32 bits per heavy atom. The number of nitrogens with zero attached hydrogens (tertiary/aromatic N) is 3. The molecule has 1 saturated heterocycles. The molecule has 1 fully saturated rings. The molecule has 0 radical (unpaired) electrons. The van der Waals surface area contributed by atoms with Crippen molar-refractivity contribution in [1.29, 1.82) is 0 Å². The topological polar surface area (TPSA) is 95.8 Å². The van der Waals surface area contributed by atoms with E-state index in [0.29, 0.717) is 37.4 Å². The maximum Gasteiger partial charge on any atom is 0.293 e. The average molecular weight is 382 g/mol. The number of hydrogen-bond donors (Lipinski definition) is 1. The molecule has 1 amide bonds. The average Bonchev–Trinajstić information content (AvgIpc) is 2.72. The van der Waals surface area contributed by atoms with E-state index in [1.807, 2.05) is 0 Å². The van der Waals surface area contributed by atoms with Crippen molar-refractivity contribution in [2.24, 2.45) is 0 Å². The van der Waals surface area contributed by atoms with Gasteiger partial charge in [0, 0.05) is 57.5 Å². The van der Waals surface area contributed by atoms with E-state index in [0.717, 1.165) is 0 Å². The van der Waals surface area contributed by atoms with Crippen LogP contribution in [0, 0.1) is 10.1 Å². The number of nitrogens with one attached hydrogen (secondary N) is 1. The molecule has 28 heavy (non-hydrogen) atoms. The summed E-state index contributed by atoms with van der Waals surface area (Å²) in [4.78, 5) is 40.2. The lowest BCUT2D eigenvalue weighted by Crippen LogP contribution is -2.46. The Morgan fingerprint density at radius 1 is 1.07 bits per heavy atom. The van der Waals surface area contributed by atoms with Crippen molar-refractivity contribution in [3.8, 4) is 0 Å². The zero-order valence-corrected chi connectivity index (χ0v) is 15.8. The first-order chi connectivity index (χ1) is 13.4. The zero-order valence-electron chi connectivity index (χ0n) is 15.8. The maximum atomic E-state index is 13.1. The van der Waals surface area contributed by atoms with Crippen LogP contribution in [-0.4, -0.2) is 61.8 Å².